The number of alkyl halides is 5. The summed E-state index contributed by atoms with van der Waals surface area (Å²) in [5.41, 5.74) is 3.98. The van der Waals surface area contributed by atoms with E-state index in [4.69, 9.17) is 5.73 Å². The van der Waals surface area contributed by atoms with Gasteiger partial charge in [-0.2, -0.15) is 27.1 Å². The van der Waals surface area contributed by atoms with E-state index in [1.807, 2.05) is 0 Å². The molecule has 6 rings (SSSR count). The predicted octanol–water partition coefficient (Wildman–Crippen LogP) is 7.51. The van der Waals surface area contributed by atoms with Gasteiger partial charge in [-0.05, 0) is 60.2 Å². The normalized spacial score (nSPS) is 18.8. The van der Waals surface area contributed by atoms with Crippen molar-refractivity contribution >= 4 is 11.5 Å². The van der Waals surface area contributed by atoms with Crippen molar-refractivity contribution in [1.82, 2.24) is 14.8 Å². The molecule has 0 saturated heterocycles. The van der Waals surface area contributed by atoms with E-state index in [0.29, 0.717) is 21.9 Å². The minimum atomic E-state index is -5.00. The number of nitrogens with zero attached hydrogens (tertiary/aromatic N) is 3. The lowest BCUT2D eigenvalue weighted by Gasteiger charge is -2.21. The summed E-state index contributed by atoms with van der Waals surface area (Å²) in [4.78, 5) is 17.9. The summed E-state index contributed by atoms with van der Waals surface area (Å²) in [7, 11) is 0. The van der Waals surface area contributed by atoms with Gasteiger partial charge in [-0.15, -0.1) is 0 Å². The van der Waals surface area contributed by atoms with Gasteiger partial charge in [0.05, 0.1) is 5.69 Å². The molecule has 234 valence electrons. The number of hydrogen-bond donors (Lipinski definition) is 1. The minimum Gasteiger partial charge on any atom is -0.399 e. The first-order valence-electron chi connectivity index (χ1n) is 13.9. The lowest BCUT2D eigenvalue weighted by Crippen LogP contribution is -2.24. The second-order valence-electron chi connectivity index (χ2n) is 11.4. The van der Waals surface area contributed by atoms with Gasteiger partial charge in [-0.1, -0.05) is 18.7 Å². The number of carbonyl (C=O) groups excluding carboxylic acids is 1. The van der Waals surface area contributed by atoms with Crippen LogP contribution in [0.25, 0.3) is 16.8 Å². The Hall–Kier alpha value is -4.55. The standard InChI is InChI=1S/C32H24F8N4O/c1-15(41)23-11-17(4-5-26(23)35)22-3-2-6-42-28(22)18(7-16-8-19(33)12-20(34)9-16)10-21(45)14-44-30-27(29(43-44)32(38,39)40)24-13-25(24)31(30,36)37/h2-6,8-9,11-12,18,24-25H,1,7,10,13-14,41H2/t18-,24+,25-/m1/s1. The van der Waals surface area contributed by atoms with Crippen molar-refractivity contribution in [2.75, 3.05) is 0 Å². The Morgan fingerprint density at radius 2 is 1.80 bits per heavy atom. The molecule has 5 nitrogen and oxygen atoms in total. The second-order valence-corrected chi connectivity index (χ2v) is 11.4. The predicted molar refractivity (Wildman–Crippen MR) is 147 cm³/mol. The van der Waals surface area contributed by atoms with Gasteiger partial charge < -0.3 is 5.73 Å². The number of benzene rings is 2. The van der Waals surface area contributed by atoms with Crippen LogP contribution in [0.5, 0.6) is 0 Å². The van der Waals surface area contributed by atoms with Crippen LogP contribution in [0.15, 0.2) is 61.3 Å². The van der Waals surface area contributed by atoms with Crippen molar-refractivity contribution < 1.29 is 39.9 Å². The quantitative estimate of drug-likeness (QED) is 0.194. The maximum Gasteiger partial charge on any atom is 0.435 e. The molecule has 0 radical (unpaired) electrons. The van der Waals surface area contributed by atoms with Gasteiger partial charge >= 0.3 is 6.18 Å². The number of hydrogen-bond acceptors (Lipinski definition) is 4. The minimum absolute atomic E-state index is 0.00844. The van der Waals surface area contributed by atoms with Crippen LogP contribution in [0.4, 0.5) is 35.1 Å². The second kappa shape index (κ2) is 10.8. The lowest BCUT2D eigenvalue weighted by molar-refractivity contribution is -0.142. The fourth-order valence-electron chi connectivity index (χ4n) is 6.30. The third kappa shape index (κ3) is 5.59. The van der Waals surface area contributed by atoms with E-state index >= 15 is 8.78 Å². The summed E-state index contributed by atoms with van der Waals surface area (Å²) in [6, 6.07) is 9.96. The lowest BCUT2D eigenvalue weighted by atomic mass is 9.86. The Balaban J connectivity index is 1.38. The van der Waals surface area contributed by atoms with Crippen LogP contribution in [-0.2, 0) is 29.9 Å². The Kier molecular flexibility index (Phi) is 7.32. The molecule has 2 aromatic carbocycles. The number of Topliss-reactive ketones (excluding diaryl/α,β-unsaturated/α-hetero) is 1. The number of fused-ring (bicyclic) bond motifs is 3. The van der Waals surface area contributed by atoms with Crippen molar-refractivity contribution in [3.8, 4) is 11.1 Å². The van der Waals surface area contributed by atoms with Crippen LogP contribution >= 0.6 is 0 Å². The fraction of sp³-hybridized carbons (Fsp3) is 0.281. The average molecular weight is 633 g/mol. The number of ketones is 1. The smallest absolute Gasteiger partial charge is 0.399 e. The Morgan fingerprint density at radius 1 is 1.09 bits per heavy atom. The molecule has 2 aromatic heterocycles. The molecule has 0 amide bonds. The van der Waals surface area contributed by atoms with E-state index < -0.39 is 83.0 Å². The highest BCUT2D eigenvalue weighted by atomic mass is 19.4. The molecule has 2 aliphatic rings. The first kappa shape index (κ1) is 30.5. The SMILES string of the molecule is C=C(N)c1cc(-c2cccnc2[C@@H](CC(=O)Cn2nc(C(F)(F)F)c3c2C(F)(F)[C@@H]2C[C@H]32)Cc2cc(F)cc(F)c2)ccc1F. The number of nitrogens with two attached hydrogens (primary N) is 1. The van der Waals surface area contributed by atoms with Crippen LogP contribution in [-0.4, -0.2) is 20.5 Å². The van der Waals surface area contributed by atoms with Crippen molar-refractivity contribution in [2.24, 2.45) is 11.7 Å². The van der Waals surface area contributed by atoms with Gasteiger partial charge in [0.25, 0.3) is 5.92 Å². The van der Waals surface area contributed by atoms with Gasteiger partial charge in [0, 0.05) is 52.9 Å². The zero-order valence-corrected chi connectivity index (χ0v) is 23.3. The molecule has 0 unspecified atom stereocenters. The van der Waals surface area contributed by atoms with E-state index in [-0.39, 0.29) is 35.4 Å². The van der Waals surface area contributed by atoms with Crippen molar-refractivity contribution in [3.05, 3.63) is 113 Å². The molecule has 3 atom stereocenters. The monoisotopic (exact) mass is 632 g/mol. The van der Waals surface area contributed by atoms with Gasteiger partial charge in [0.1, 0.15) is 29.7 Å². The highest BCUT2D eigenvalue weighted by Gasteiger charge is 2.68. The first-order valence-corrected chi connectivity index (χ1v) is 13.9. The molecule has 2 aliphatic carbocycles. The molecule has 1 fully saturated rings. The molecule has 4 aromatic rings. The van der Waals surface area contributed by atoms with Crippen molar-refractivity contribution in [2.45, 2.75) is 49.7 Å². The summed E-state index contributed by atoms with van der Waals surface area (Å²) >= 11 is 0. The number of halogens is 8. The van der Waals surface area contributed by atoms with Gasteiger partial charge in [0.2, 0.25) is 0 Å². The Labute approximate surface area is 251 Å². The molecule has 0 bridgehead atoms. The highest BCUT2D eigenvalue weighted by Crippen LogP contribution is 2.68. The summed E-state index contributed by atoms with van der Waals surface area (Å²) in [6.45, 7) is 2.67. The molecule has 2 heterocycles. The van der Waals surface area contributed by atoms with E-state index in [2.05, 4.69) is 16.7 Å². The Morgan fingerprint density at radius 3 is 2.47 bits per heavy atom. The highest BCUT2D eigenvalue weighted by molar-refractivity contribution is 5.80. The van der Waals surface area contributed by atoms with Gasteiger partial charge in [-0.3, -0.25) is 14.5 Å². The molecule has 45 heavy (non-hydrogen) atoms. The van der Waals surface area contributed by atoms with E-state index in [1.165, 1.54) is 18.3 Å². The molecule has 0 spiro atoms. The molecule has 13 heteroatoms. The summed E-state index contributed by atoms with van der Waals surface area (Å²) in [5.74, 6) is -9.95. The van der Waals surface area contributed by atoms with Crippen LogP contribution in [0.2, 0.25) is 0 Å². The van der Waals surface area contributed by atoms with Crippen molar-refractivity contribution in [3.63, 3.8) is 0 Å². The fourth-order valence-corrected chi connectivity index (χ4v) is 6.30. The number of aromatic nitrogens is 3. The zero-order chi connectivity index (χ0) is 32.4. The van der Waals surface area contributed by atoms with Crippen molar-refractivity contribution in [1.29, 1.82) is 0 Å². The first-order chi connectivity index (χ1) is 21.1. The topological polar surface area (TPSA) is 73.8 Å². The van der Waals surface area contributed by atoms with E-state index in [0.717, 1.165) is 18.2 Å². The number of pyridine rings is 1. The number of rotatable bonds is 9. The van der Waals surface area contributed by atoms with Crippen LogP contribution in [0.3, 0.4) is 0 Å². The molecular formula is C32H24F8N4O. The summed E-state index contributed by atoms with van der Waals surface area (Å²) < 4.78 is 115. The maximum atomic E-state index is 15.1. The summed E-state index contributed by atoms with van der Waals surface area (Å²) in [5, 5.41) is 3.42. The molecule has 0 aliphatic heterocycles. The Bertz CT molecular complexity index is 1830. The zero-order valence-electron chi connectivity index (χ0n) is 23.3. The molecule has 2 N–H and O–H groups in total. The largest absolute Gasteiger partial charge is 0.435 e. The van der Waals surface area contributed by atoms with Crippen LogP contribution in [0, 0.1) is 23.4 Å². The van der Waals surface area contributed by atoms with Crippen LogP contribution < -0.4 is 5.73 Å². The average Bonchev–Trinajstić information content (AvgIpc) is 3.60. The number of carbonyl (C=O) groups is 1. The van der Waals surface area contributed by atoms with Gasteiger partial charge in [-0.25, -0.2) is 13.2 Å². The van der Waals surface area contributed by atoms with E-state index in [9.17, 15) is 31.1 Å². The molecular weight excluding hydrogens is 608 g/mol. The van der Waals surface area contributed by atoms with Gasteiger partial charge in [0.15, 0.2) is 11.5 Å². The third-order valence-electron chi connectivity index (χ3n) is 8.25. The van der Waals surface area contributed by atoms with Crippen LogP contribution in [0.1, 0.15) is 58.4 Å². The summed E-state index contributed by atoms with van der Waals surface area (Å²) in [6.07, 6.45) is -4.32. The maximum absolute atomic E-state index is 15.1. The third-order valence-corrected chi connectivity index (χ3v) is 8.25. The van der Waals surface area contributed by atoms with E-state index in [1.54, 1.807) is 12.1 Å². The molecule has 1 saturated carbocycles.